The van der Waals surface area contributed by atoms with Gasteiger partial charge in [-0.1, -0.05) is 48.0 Å². The molecule has 0 saturated heterocycles. The largest absolute Gasteiger partial charge is 0.484 e. The average molecular weight is 367 g/mol. The minimum atomic E-state index is -0.327. The fraction of sp³-hybridized carbons (Fsp3) is 0.143. The number of benzene rings is 3. The van der Waals surface area contributed by atoms with E-state index in [1.54, 1.807) is 18.3 Å². The van der Waals surface area contributed by atoms with Crippen LogP contribution in [0.25, 0.3) is 10.8 Å². The standard InChI is InChI=1S/C21H19ClN2O2/c1-14-9-19(10-15(2)21(14)22)26-13-20(25)24-23-12-16-7-8-17-5-3-4-6-18(17)11-16/h3-12H,13H2,1-2H3,(H,24,25)/b23-12+. The Labute approximate surface area is 157 Å². The smallest absolute Gasteiger partial charge is 0.277 e. The second kappa shape index (κ2) is 8.02. The Morgan fingerprint density at radius 2 is 1.77 bits per heavy atom. The molecule has 0 aliphatic rings. The number of fused-ring (bicyclic) bond motifs is 1. The minimum Gasteiger partial charge on any atom is -0.484 e. The number of hydrogen-bond donors (Lipinski definition) is 1. The number of aryl methyl sites for hydroxylation is 2. The van der Waals surface area contributed by atoms with Crippen LogP contribution in [0.4, 0.5) is 0 Å². The molecule has 0 radical (unpaired) electrons. The van der Waals surface area contributed by atoms with Crippen LogP contribution in [-0.2, 0) is 4.79 Å². The normalized spacial score (nSPS) is 11.0. The number of hydrazone groups is 1. The van der Waals surface area contributed by atoms with Crippen molar-refractivity contribution in [2.24, 2.45) is 5.10 Å². The zero-order valence-electron chi connectivity index (χ0n) is 14.6. The van der Waals surface area contributed by atoms with E-state index in [0.717, 1.165) is 27.5 Å². The Hall–Kier alpha value is -2.85. The van der Waals surface area contributed by atoms with E-state index in [9.17, 15) is 4.79 Å². The molecule has 26 heavy (non-hydrogen) atoms. The van der Waals surface area contributed by atoms with Crippen molar-refractivity contribution in [2.75, 3.05) is 6.61 Å². The van der Waals surface area contributed by atoms with Crippen molar-refractivity contribution in [3.63, 3.8) is 0 Å². The molecule has 0 fully saturated rings. The predicted molar refractivity (Wildman–Crippen MR) is 106 cm³/mol. The van der Waals surface area contributed by atoms with Crippen LogP contribution in [-0.4, -0.2) is 18.7 Å². The van der Waals surface area contributed by atoms with Gasteiger partial charge in [-0.15, -0.1) is 0 Å². The maximum atomic E-state index is 11.9. The van der Waals surface area contributed by atoms with Gasteiger partial charge in [-0.25, -0.2) is 5.43 Å². The SMILES string of the molecule is Cc1cc(OCC(=O)N/N=C/c2ccc3ccccc3c2)cc(C)c1Cl. The summed E-state index contributed by atoms with van der Waals surface area (Å²) >= 11 is 6.12. The van der Waals surface area contributed by atoms with Crippen LogP contribution in [0.5, 0.6) is 5.75 Å². The third-order valence-electron chi connectivity index (χ3n) is 3.96. The molecule has 3 aromatic carbocycles. The molecular weight excluding hydrogens is 348 g/mol. The van der Waals surface area contributed by atoms with Gasteiger partial charge in [-0.05, 0) is 59.5 Å². The first kappa shape index (κ1) is 18.0. The summed E-state index contributed by atoms with van der Waals surface area (Å²) in [6.07, 6.45) is 1.61. The summed E-state index contributed by atoms with van der Waals surface area (Å²) in [7, 11) is 0. The highest BCUT2D eigenvalue weighted by Crippen LogP contribution is 2.25. The van der Waals surface area contributed by atoms with E-state index in [4.69, 9.17) is 16.3 Å². The topological polar surface area (TPSA) is 50.7 Å². The van der Waals surface area contributed by atoms with E-state index in [1.807, 2.05) is 50.2 Å². The Kier molecular flexibility index (Phi) is 5.54. The average Bonchev–Trinajstić information content (AvgIpc) is 2.64. The number of rotatable bonds is 5. The molecule has 5 heteroatoms. The van der Waals surface area contributed by atoms with Crippen molar-refractivity contribution in [3.8, 4) is 5.75 Å². The number of carbonyl (C=O) groups excluding carboxylic acids is 1. The van der Waals surface area contributed by atoms with Crippen LogP contribution < -0.4 is 10.2 Å². The van der Waals surface area contributed by atoms with E-state index in [-0.39, 0.29) is 12.5 Å². The molecule has 132 valence electrons. The molecule has 3 rings (SSSR count). The zero-order valence-corrected chi connectivity index (χ0v) is 15.4. The Morgan fingerprint density at radius 1 is 1.08 bits per heavy atom. The summed E-state index contributed by atoms with van der Waals surface area (Å²) in [4.78, 5) is 11.9. The Balaban J connectivity index is 1.55. The Morgan fingerprint density at radius 3 is 2.50 bits per heavy atom. The van der Waals surface area contributed by atoms with Crippen LogP contribution >= 0.6 is 11.6 Å². The van der Waals surface area contributed by atoms with Crippen LogP contribution in [0, 0.1) is 13.8 Å². The number of halogens is 1. The van der Waals surface area contributed by atoms with Gasteiger partial charge < -0.3 is 4.74 Å². The molecule has 0 aromatic heterocycles. The summed E-state index contributed by atoms with van der Waals surface area (Å²) in [5.74, 6) is 0.283. The number of carbonyl (C=O) groups is 1. The Bertz CT molecular complexity index is 960. The van der Waals surface area contributed by atoms with Crippen LogP contribution in [0.1, 0.15) is 16.7 Å². The summed E-state index contributed by atoms with van der Waals surface area (Å²) < 4.78 is 5.50. The van der Waals surface area contributed by atoms with Gasteiger partial charge in [0, 0.05) is 5.02 Å². The van der Waals surface area contributed by atoms with Crippen molar-refractivity contribution >= 4 is 34.5 Å². The van der Waals surface area contributed by atoms with E-state index >= 15 is 0 Å². The first-order chi connectivity index (χ1) is 12.5. The van der Waals surface area contributed by atoms with Gasteiger partial charge in [0.25, 0.3) is 5.91 Å². The molecule has 0 unspecified atom stereocenters. The number of nitrogens with one attached hydrogen (secondary N) is 1. The fourth-order valence-corrected chi connectivity index (χ4v) is 2.75. The third kappa shape index (κ3) is 4.41. The second-order valence-electron chi connectivity index (χ2n) is 6.06. The summed E-state index contributed by atoms with van der Waals surface area (Å²) in [6.45, 7) is 3.68. The summed E-state index contributed by atoms with van der Waals surface area (Å²) in [5, 5.41) is 6.98. The van der Waals surface area contributed by atoms with Gasteiger partial charge in [-0.3, -0.25) is 4.79 Å². The summed E-state index contributed by atoms with van der Waals surface area (Å²) in [5.41, 5.74) is 5.21. The molecule has 3 aromatic rings. The molecule has 4 nitrogen and oxygen atoms in total. The molecule has 0 spiro atoms. The number of ether oxygens (including phenoxy) is 1. The van der Waals surface area contributed by atoms with Gasteiger partial charge in [0.2, 0.25) is 0 Å². The van der Waals surface area contributed by atoms with E-state index in [1.165, 1.54) is 0 Å². The van der Waals surface area contributed by atoms with Gasteiger partial charge >= 0.3 is 0 Å². The van der Waals surface area contributed by atoms with E-state index < -0.39 is 0 Å². The van der Waals surface area contributed by atoms with E-state index in [2.05, 4.69) is 16.6 Å². The van der Waals surface area contributed by atoms with Crippen LogP contribution in [0.3, 0.4) is 0 Å². The molecule has 1 amide bonds. The molecule has 0 atom stereocenters. The highest BCUT2D eigenvalue weighted by atomic mass is 35.5. The predicted octanol–water partition coefficient (Wildman–Crippen LogP) is 4.64. The third-order valence-corrected chi connectivity index (χ3v) is 4.55. The lowest BCUT2D eigenvalue weighted by Crippen LogP contribution is -2.24. The lowest BCUT2D eigenvalue weighted by Gasteiger charge is -2.09. The molecule has 0 bridgehead atoms. The highest BCUT2D eigenvalue weighted by Gasteiger charge is 2.06. The number of amides is 1. The van der Waals surface area contributed by atoms with E-state index in [0.29, 0.717) is 10.8 Å². The van der Waals surface area contributed by atoms with Crippen LogP contribution in [0.2, 0.25) is 5.02 Å². The quantitative estimate of drug-likeness (QED) is 0.528. The molecule has 0 aliphatic heterocycles. The number of nitrogens with zero attached hydrogens (tertiary/aromatic N) is 1. The molecule has 0 aliphatic carbocycles. The lowest BCUT2D eigenvalue weighted by molar-refractivity contribution is -0.123. The van der Waals surface area contributed by atoms with Crippen LogP contribution in [0.15, 0.2) is 59.7 Å². The number of hydrogen-bond acceptors (Lipinski definition) is 3. The van der Waals surface area contributed by atoms with Gasteiger partial charge in [0.15, 0.2) is 6.61 Å². The molecular formula is C21H19ClN2O2. The zero-order chi connectivity index (χ0) is 18.5. The second-order valence-corrected chi connectivity index (χ2v) is 6.44. The molecule has 0 heterocycles. The maximum absolute atomic E-state index is 11.9. The van der Waals surface area contributed by atoms with Crippen molar-refractivity contribution in [1.82, 2.24) is 5.43 Å². The van der Waals surface area contributed by atoms with Gasteiger partial charge in [-0.2, -0.15) is 5.10 Å². The van der Waals surface area contributed by atoms with Gasteiger partial charge in [0.05, 0.1) is 6.21 Å². The minimum absolute atomic E-state index is 0.116. The van der Waals surface area contributed by atoms with Crippen molar-refractivity contribution < 1.29 is 9.53 Å². The first-order valence-electron chi connectivity index (χ1n) is 8.23. The fourth-order valence-electron chi connectivity index (χ4n) is 2.64. The highest BCUT2D eigenvalue weighted by molar-refractivity contribution is 6.32. The summed E-state index contributed by atoms with van der Waals surface area (Å²) in [6, 6.07) is 17.7. The lowest BCUT2D eigenvalue weighted by atomic mass is 10.1. The van der Waals surface area contributed by atoms with Crippen molar-refractivity contribution in [3.05, 3.63) is 76.3 Å². The molecule has 1 N–H and O–H groups in total. The van der Waals surface area contributed by atoms with Gasteiger partial charge in [0.1, 0.15) is 5.75 Å². The van der Waals surface area contributed by atoms with Crippen molar-refractivity contribution in [2.45, 2.75) is 13.8 Å². The molecule has 0 saturated carbocycles. The first-order valence-corrected chi connectivity index (χ1v) is 8.61. The monoisotopic (exact) mass is 366 g/mol. The maximum Gasteiger partial charge on any atom is 0.277 e. The van der Waals surface area contributed by atoms with Crippen molar-refractivity contribution in [1.29, 1.82) is 0 Å².